The summed E-state index contributed by atoms with van der Waals surface area (Å²) in [6.45, 7) is 0. The number of nitrogens with one attached hydrogen (secondary N) is 1. The van der Waals surface area contributed by atoms with Crippen molar-refractivity contribution in [2.45, 2.75) is 30.7 Å². The minimum atomic E-state index is -0.0614. The van der Waals surface area contributed by atoms with Crippen LogP contribution in [0.25, 0.3) is 0 Å². The van der Waals surface area contributed by atoms with E-state index in [2.05, 4.69) is 35.6 Å². The van der Waals surface area contributed by atoms with Crippen molar-refractivity contribution in [3.8, 4) is 12.3 Å². The average Bonchev–Trinajstić information content (AvgIpc) is 2.24. The maximum atomic E-state index is 5.52. The van der Waals surface area contributed by atoms with E-state index in [1.165, 1.54) is 12.0 Å². The summed E-state index contributed by atoms with van der Waals surface area (Å²) in [6, 6.07) is 10.4. The van der Waals surface area contributed by atoms with Crippen molar-refractivity contribution >= 4 is 0 Å². The van der Waals surface area contributed by atoms with Crippen LogP contribution in [-0.2, 0) is 5.41 Å². The van der Waals surface area contributed by atoms with Gasteiger partial charge in [-0.25, -0.2) is 5.43 Å². The molecule has 1 aliphatic carbocycles. The summed E-state index contributed by atoms with van der Waals surface area (Å²) in [5.74, 6) is 8.28. The normalized spacial score (nSPS) is 20.0. The van der Waals surface area contributed by atoms with Gasteiger partial charge in [0.15, 0.2) is 0 Å². The minimum absolute atomic E-state index is 0.0603. The lowest BCUT2D eigenvalue weighted by Crippen LogP contribution is -2.54. The predicted octanol–water partition coefficient (Wildman–Crippen LogP) is 1.57. The van der Waals surface area contributed by atoms with E-state index in [1.54, 1.807) is 0 Å². The van der Waals surface area contributed by atoms with Crippen molar-refractivity contribution in [3.63, 3.8) is 0 Å². The molecule has 15 heavy (non-hydrogen) atoms. The highest BCUT2D eigenvalue weighted by Crippen LogP contribution is 2.46. The Bertz CT molecular complexity index is 360. The lowest BCUT2D eigenvalue weighted by atomic mass is 9.60. The summed E-state index contributed by atoms with van der Waals surface area (Å²) in [7, 11) is 0. The number of benzene rings is 1. The van der Waals surface area contributed by atoms with Crippen molar-refractivity contribution in [1.82, 2.24) is 5.43 Å². The fourth-order valence-corrected chi connectivity index (χ4v) is 2.44. The van der Waals surface area contributed by atoms with Crippen LogP contribution < -0.4 is 11.3 Å². The number of hydrogen-bond donors (Lipinski definition) is 2. The van der Waals surface area contributed by atoms with Gasteiger partial charge in [-0.1, -0.05) is 42.7 Å². The van der Waals surface area contributed by atoms with Gasteiger partial charge in [-0.2, -0.15) is 0 Å². The Kier molecular flexibility index (Phi) is 2.77. The van der Waals surface area contributed by atoms with Crippen LogP contribution in [0.2, 0.25) is 0 Å². The van der Waals surface area contributed by atoms with Gasteiger partial charge in [-0.3, -0.25) is 5.84 Å². The van der Waals surface area contributed by atoms with Gasteiger partial charge in [-0.05, 0) is 18.4 Å². The van der Waals surface area contributed by atoms with Gasteiger partial charge >= 0.3 is 0 Å². The standard InChI is InChI=1S/C13H16N2/c1-2-12(15-14)13(9-6-10-13)11-7-4-3-5-8-11/h1,3-5,7-8,12,15H,6,9-10,14H2. The molecule has 3 N–H and O–H groups in total. The molecule has 0 aromatic heterocycles. The van der Waals surface area contributed by atoms with Crippen LogP contribution in [0.5, 0.6) is 0 Å². The van der Waals surface area contributed by atoms with E-state index < -0.39 is 0 Å². The molecule has 2 nitrogen and oxygen atoms in total. The lowest BCUT2D eigenvalue weighted by Gasteiger charge is -2.46. The van der Waals surface area contributed by atoms with E-state index in [1.807, 2.05) is 6.07 Å². The number of hydrazine groups is 1. The minimum Gasteiger partial charge on any atom is -0.270 e. The van der Waals surface area contributed by atoms with E-state index in [-0.39, 0.29) is 11.5 Å². The molecule has 2 rings (SSSR count). The monoisotopic (exact) mass is 200 g/mol. The zero-order valence-electron chi connectivity index (χ0n) is 8.74. The lowest BCUT2D eigenvalue weighted by molar-refractivity contribution is 0.201. The second kappa shape index (κ2) is 4.06. The van der Waals surface area contributed by atoms with Crippen molar-refractivity contribution in [3.05, 3.63) is 35.9 Å². The van der Waals surface area contributed by atoms with Crippen LogP contribution in [0.1, 0.15) is 24.8 Å². The topological polar surface area (TPSA) is 38.0 Å². The largest absolute Gasteiger partial charge is 0.270 e. The van der Waals surface area contributed by atoms with Gasteiger partial charge in [0.05, 0.1) is 6.04 Å². The Labute approximate surface area is 90.8 Å². The molecule has 2 heteroatoms. The van der Waals surface area contributed by atoms with Crippen molar-refractivity contribution in [2.75, 3.05) is 0 Å². The quantitative estimate of drug-likeness (QED) is 0.441. The zero-order valence-corrected chi connectivity index (χ0v) is 8.74. The highest BCUT2D eigenvalue weighted by atomic mass is 15.2. The first-order valence-corrected chi connectivity index (χ1v) is 5.31. The Morgan fingerprint density at radius 3 is 2.40 bits per heavy atom. The van der Waals surface area contributed by atoms with E-state index >= 15 is 0 Å². The highest BCUT2D eigenvalue weighted by molar-refractivity contribution is 5.34. The highest BCUT2D eigenvalue weighted by Gasteiger charge is 2.44. The van der Waals surface area contributed by atoms with Crippen LogP contribution in [0.3, 0.4) is 0 Å². The van der Waals surface area contributed by atoms with Crippen LogP contribution in [0.15, 0.2) is 30.3 Å². The van der Waals surface area contributed by atoms with Gasteiger partial charge < -0.3 is 0 Å². The Morgan fingerprint density at radius 2 is 2.00 bits per heavy atom. The first-order valence-electron chi connectivity index (χ1n) is 5.31. The number of nitrogens with two attached hydrogens (primary N) is 1. The van der Waals surface area contributed by atoms with Crippen LogP contribution in [-0.4, -0.2) is 6.04 Å². The summed E-state index contributed by atoms with van der Waals surface area (Å²) in [5.41, 5.74) is 4.12. The second-order valence-electron chi connectivity index (χ2n) is 4.14. The Morgan fingerprint density at radius 1 is 1.33 bits per heavy atom. The molecular formula is C13H16N2. The van der Waals surface area contributed by atoms with Gasteiger partial charge in [0.1, 0.15) is 0 Å². The summed E-state index contributed by atoms with van der Waals surface area (Å²) in [4.78, 5) is 0. The fraction of sp³-hybridized carbons (Fsp3) is 0.385. The molecule has 0 heterocycles. The van der Waals surface area contributed by atoms with Crippen LogP contribution >= 0.6 is 0 Å². The first-order chi connectivity index (χ1) is 7.33. The molecule has 1 aromatic rings. The predicted molar refractivity (Wildman–Crippen MR) is 61.9 cm³/mol. The molecule has 0 bridgehead atoms. The Balaban J connectivity index is 2.34. The SMILES string of the molecule is C#CC(NN)C1(c2ccccc2)CCC1. The Hall–Kier alpha value is -1.30. The number of terminal acetylenes is 1. The molecule has 1 unspecified atom stereocenters. The molecule has 1 atom stereocenters. The van der Waals surface area contributed by atoms with E-state index in [0.29, 0.717) is 0 Å². The van der Waals surface area contributed by atoms with E-state index in [4.69, 9.17) is 12.3 Å². The van der Waals surface area contributed by atoms with E-state index in [9.17, 15) is 0 Å². The van der Waals surface area contributed by atoms with Gasteiger partial charge in [0.25, 0.3) is 0 Å². The molecular weight excluding hydrogens is 184 g/mol. The van der Waals surface area contributed by atoms with Gasteiger partial charge in [-0.15, -0.1) is 6.42 Å². The molecule has 0 aliphatic heterocycles. The second-order valence-corrected chi connectivity index (χ2v) is 4.14. The zero-order chi connectivity index (χ0) is 10.7. The van der Waals surface area contributed by atoms with Crippen LogP contribution in [0.4, 0.5) is 0 Å². The molecule has 1 fully saturated rings. The maximum absolute atomic E-state index is 5.52. The van der Waals surface area contributed by atoms with Crippen molar-refractivity contribution in [1.29, 1.82) is 0 Å². The summed E-state index contributed by atoms with van der Waals surface area (Å²) in [6.07, 6.45) is 9.00. The average molecular weight is 200 g/mol. The third kappa shape index (κ3) is 1.54. The molecule has 0 saturated heterocycles. The smallest absolute Gasteiger partial charge is 0.0911 e. The molecule has 0 spiro atoms. The van der Waals surface area contributed by atoms with Crippen molar-refractivity contribution < 1.29 is 0 Å². The summed E-state index contributed by atoms with van der Waals surface area (Å²) >= 11 is 0. The molecule has 0 amide bonds. The van der Waals surface area contributed by atoms with E-state index in [0.717, 1.165) is 12.8 Å². The fourth-order valence-electron chi connectivity index (χ4n) is 2.44. The first kappa shape index (κ1) is 10.2. The molecule has 1 saturated carbocycles. The third-order valence-corrected chi connectivity index (χ3v) is 3.48. The van der Waals surface area contributed by atoms with Crippen molar-refractivity contribution in [2.24, 2.45) is 5.84 Å². The molecule has 0 radical (unpaired) electrons. The molecule has 78 valence electrons. The third-order valence-electron chi connectivity index (χ3n) is 3.48. The number of hydrogen-bond acceptors (Lipinski definition) is 2. The van der Waals surface area contributed by atoms with Gasteiger partial charge in [0, 0.05) is 5.41 Å². The summed E-state index contributed by atoms with van der Waals surface area (Å²) in [5, 5.41) is 0. The van der Waals surface area contributed by atoms with Crippen LogP contribution in [0, 0.1) is 12.3 Å². The summed E-state index contributed by atoms with van der Waals surface area (Å²) < 4.78 is 0. The maximum Gasteiger partial charge on any atom is 0.0911 e. The molecule has 1 aromatic carbocycles. The number of rotatable bonds is 3. The molecule has 1 aliphatic rings. The van der Waals surface area contributed by atoms with Gasteiger partial charge in [0.2, 0.25) is 0 Å².